The quantitative estimate of drug-likeness (QED) is 0.555. The number of nitrogens with zero attached hydrogens (tertiary/aromatic N) is 2. The zero-order valence-corrected chi connectivity index (χ0v) is 15.5. The summed E-state index contributed by atoms with van der Waals surface area (Å²) in [7, 11) is 0. The van der Waals surface area contributed by atoms with E-state index in [-0.39, 0.29) is 5.91 Å². The van der Waals surface area contributed by atoms with Gasteiger partial charge in [0.2, 0.25) is 0 Å². The first-order valence-electron chi connectivity index (χ1n) is 8.47. The molecule has 1 N–H and O–H groups in total. The van der Waals surface area contributed by atoms with Crippen molar-refractivity contribution in [2.75, 3.05) is 5.32 Å². The summed E-state index contributed by atoms with van der Waals surface area (Å²) < 4.78 is 2.19. The molecule has 3 aromatic heterocycles. The smallest absolute Gasteiger partial charge is 0.257 e. The minimum atomic E-state index is -0.0845. The van der Waals surface area contributed by atoms with Crippen LogP contribution in [0.15, 0.2) is 60.1 Å². The maximum absolute atomic E-state index is 12.8. The molecule has 5 heteroatoms. The second-order valence-electron chi connectivity index (χ2n) is 6.32. The van der Waals surface area contributed by atoms with Gasteiger partial charge in [-0.05, 0) is 55.6 Å². The summed E-state index contributed by atoms with van der Waals surface area (Å²) in [5.41, 5.74) is 4.48. The van der Waals surface area contributed by atoms with Gasteiger partial charge in [-0.1, -0.05) is 12.1 Å². The zero-order chi connectivity index (χ0) is 18.1. The summed E-state index contributed by atoms with van der Waals surface area (Å²) in [5.74, 6) is -0.0845. The van der Waals surface area contributed by atoms with Gasteiger partial charge in [0.05, 0.1) is 17.6 Å². The zero-order valence-electron chi connectivity index (χ0n) is 14.7. The lowest BCUT2D eigenvalue weighted by atomic mass is 10.2. The van der Waals surface area contributed by atoms with Crippen molar-refractivity contribution in [3.63, 3.8) is 0 Å². The van der Waals surface area contributed by atoms with Crippen molar-refractivity contribution >= 4 is 33.8 Å². The molecule has 0 unspecified atom stereocenters. The summed E-state index contributed by atoms with van der Waals surface area (Å²) in [6, 6.07) is 15.8. The molecule has 0 aliphatic rings. The first-order chi connectivity index (χ1) is 12.6. The van der Waals surface area contributed by atoms with Gasteiger partial charge >= 0.3 is 0 Å². The van der Waals surface area contributed by atoms with Gasteiger partial charge in [0.1, 0.15) is 0 Å². The van der Waals surface area contributed by atoms with Crippen molar-refractivity contribution < 1.29 is 4.79 Å². The van der Waals surface area contributed by atoms with Crippen LogP contribution in [0.2, 0.25) is 0 Å². The number of carbonyl (C=O) groups is 1. The molecule has 0 aliphatic heterocycles. The Kier molecular flexibility index (Phi) is 4.31. The number of aryl methyl sites for hydroxylation is 1. The van der Waals surface area contributed by atoms with Gasteiger partial charge in [-0.3, -0.25) is 9.78 Å². The first-order valence-corrected chi connectivity index (χ1v) is 9.35. The average molecular weight is 361 g/mol. The minimum absolute atomic E-state index is 0.0845. The maximum atomic E-state index is 12.8. The lowest BCUT2D eigenvalue weighted by Gasteiger charge is -2.09. The number of pyridine rings is 1. The van der Waals surface area contributed by atoms with Crippen molar-refractivity contribution in [1.82, 2.24) is 9.55 Å². The highest BCUT2D eigenvalue weighted by atomic mass is 32.1. The molecule has 0 fully saturated rings. The molecule has 1 aromatic carbocycles. The number of aromatic nitrogens is 2. The van der Waals surface area contributed by atoms with E-state index in [9.17, 15) is 4.79 Å². The van der Waals surface area contributed by atoms with Crippen LogP contribution in [0.25, 0.3) is 10.9 Å². The second kappa shape index (κ2) is 6.77. The molecule has 130 valence electrons. The molecule has 0 bridgehead atoms. The van der Waals surface area contributed by atoms with Crippen molar-refractivity contribution in [2.45, 2.75) is 20.4 Å². The number of fused-ring (bicyclic) bond motifs is 1. The molecular weight excluding hydrogens is 342 g/mol. The number of carbonyl (C=O) groups excluding carboxylic acids is 1. The standard InChI is InChI=1S/C21H19N3OS/c1-14-11-19(15(2)24(14)13-18-6-4-10-26-18)21(25)23-17-7-8-20-16(12-17)5-3-9-22-20/h3-12H,13H2,1-2H3,(H,23,25). The van der Waals surface area contributed by atoms with Gasteiger partial charge in [0, 0.05) is 33.5 Å². The van der Waals surface area contributed by atoms with Crippen molar-refractivity contribution in [1.29, 1.82) is 0 Å². The van der Waals surface area contributed by atoms with Gasteiger partial charge < -0.3 is 9.88 Å². The first kappa shape index (κ1) is 16.5. The molecule has 0 radical (unpaired) electrons. The van der Waals surface area contributed by atoms with Crippen LogP contribution in [0, 0.1) is 13.8 Å². The fourth-order valence-corrected chi connectivity index (χ4v) is 3.88. The Bertz CT molecular complexity index is 1080. The van der Waals surface area contributed by atoms with E-state index in [2.05, 4.69) is 32.4 Å². The summed E-state index contributed by atoms with van der Waals surface area (Å²) >= 11 is 1.73. The van der Waals surface area contributed by atoms with Gasteiger partial charge in [0.15, 0.2) is 0 Å². The normalized spacial score (nSPS) is 11.0. The molecule has 0 saturated carbocycles. The van der Waals surface area contributed by atoms with Crippen LogP contribution in [0.3, 0.4) is 0 Å². The Morgan fingerprint density at radius 2 is 2.04 bits per heavy atom. The van der Waals surface area contributed by atoms with E-state index >= 15 is 0 Å². The average Bonchev–Trinajstić information content (AvgIpc) is 3.25. The molecule has 3 heterocycles. The van der Waals surface area contributed by atoms with Gasteiger partial charge in [-0.15, -0.1) is 11.3 Å². The summed E-state index contributed by atoms with van der Waals surface area (Å²) in [5, 5.41) is 6.10. The second-order valence-corrected chi connectivity index (χ2v) is 7.35. The van der Waals surface area contributed by atoms with Crippen LogP contribution in [0.4, 0.5) is 5.69 Å². The predicted molar refractivity (Wildman–Crippen MR) is 107 cm³/mol. The summed E-state index contributed by atoms with van der Waals surface area (Å²) in [4.78, 5) is 18.4. The number of anilines is 1. The van der Waals surface area contributed by atoms with Crippen molar-refractivity contribution in [2.24, 2.45) is 0 Å². The number of hydrogen-bond acceptors (Lipinski definition) is 3. The Hall–Kier alpha value is -2.92. The van der Waals surface area contributed by atoms with Crippen LogP contribution < -0.4 is 5.32 Å². The van der Waals surface area contributed by atoms with E-state index in [0.29, 0.717) is 5.56 Å². The number of nitrogens with one attached hydrogen (secondary N) is 1. The van der Waals surface area contributed by atoms with E-state index in [1.54, 1.807) is 17.5 Å². The molecule has 1 amide bonds. The third-order valence-electron chi connectivity index (χ3n) is 4.57. The third-order valence-corrected chi connectivity index (χ3v) is 5.43. The molecule has 4 nitrogen and oxygen atoms in total. The molecule has 26 heavy (non-hydrogen) atoms. The van der Waals surface area contributed by atoms with Crippen LogP contribution in [0.5, 0.6) is 0 Å². The monoisotopic (exact) mass is 361 g/mol. The third kappa shape index (κ3) is 3.13. The molecular formula is C21H19N3OS. The Balaban J connectivity index is 1.59. The highest BCUT2D eigenvalue weighted by molar-refractivity contribution is 7.09. The van der Waals surface area contributed by atoms with E-state index in [0.717, 1.165) is 34.5 Å². The predicted octanol–water partition coefficient (Wildman–Crippen LogP) is 5.02. The van der Waals surface area contributed by atoms with Crippen LogP contribution in [0.1, 0.15) is 26.6 Å². The molecule has 0 atom stereocenters. The number of hydrogen-bond donors (Lipinski definition) is 1. The Morgan fingerprint density at radius 3 is 2.85 bits per heavy atom. The van der Waals surface area contributed by atoms with E-state index in [1.165, 1.54) is 4.88 Å². The molecule has 0 aliphatic carbocycles. The topological polar surface area (TPSA) is 46.9 Å². The number of benzene rings is 1. The maximum Gasteiger partial charge on any atom is 0.257 e. The van der Waals surface area contributed by atoms with Crippen molar-refractivity contribution in [3.05, 3.63) is 81.9 Å². The van der Waals surface area contributed by atoms with Gasteiger partial charge in [-0.2, -0.15) is 0 Å². The van der Waals surface area contributed by atoms with E-state index < -0.39 is 0 Å². The van der Waals surface area contributed by atoms with Crippen LogP contribution in [-0.4, -0.2) is 15.5 Å². The van der Waals surface area contributed by atoms with E-state index in [4.69, 9.17) is 0 Å². The summed E-state index contributed by atoms with van der Waals surface area (Å²) in [6.07, 6.45) is 1.77. The highest BCUT2D eigenvalue weighted by Crippen LogP contribution is 2.22. The van der Waals surface area contributed by atoms with Gasteiger partial charge in [0.25, 0.3) is 5.91 Å². The number of amides is 1. The largest absolute Gasteiger partial charge is 0.343 e. The van der Waals surface area contributed by atoms with Crippen molar-refractivity contribution in [3.8, 4) is 0 Å². The minimum Gasteiger partial charge on any atom is -0.343 e. The number of rotatable bonds is 4. The van der Waals surface area contributed by atoms with Crippen LogP contribution in [-0.2, 0) is 6.54 Å². The molecule has 4 aromatic rings. The highest BCUT2D eigenvalue weighted by Gasteiger charge is 2.16. The Morgan fingerprint density at radius 1 is 1.15 bits per heavy atom. The SMILES string of the molecule is Cc1cc(C(=O)Nc2ccc3ncccc3c2)c(C)n1Cc1cccs1. The summed E-state index contributed by atoms with van der Waals surface area (Å²) in [6.45, 7) is 4.84. The fraction of sp³-hybridized carbons (Fsp3) is 0.143. The lowest BCUT2D eigenvalue weighted by Crippen LogP contribution is -2.13. The molecule has 0 saturated heterocycles. The van der Waals surface area contributed by atoms with Gasteiger partial charge in [-0.25, -0.2) is 0 Å². The van der Waals surface area contributed by atoms with Crippen LogP contribution >= 0.6 is 11.3 Å². The number of thiophene rings is 1. The fourth-order valence-electron chi connectivity index (χ4n) is 3.18. The van der Waals surface area contributed by atoms with E-state index in [1.807, 2.05) is 50.2 Å². The Labute approximate surface area is 156 Å². The molecule has 0 spiro atoms. The molecule has 4 rings (SSSR count). The lowest BCUT2D eigenvalue weighted by molar-refractivity contribution is 0.102.